The number of aliphatic hydroxyl groups excluding tert-OH is 1. The van der Waals surface area contributed by atoms with Gasteiger partial charge in [0, 0.05) is 44.9 Å². The Morgan fingerprint density at radius 2 is 2.24 bits per heavy atom. The number of nitrogens with one attached hydrogen (secondary N) is 2. The Morgan fingerprint density at radius 3 is 2.86 bits per heavy atom. The van der Waals surface area contributed by atoms with Crippen LogP contribution in [-0.4, -0.2) is 63.7 Å². The van der Waals surface area contributed by atoms with Gasteiger partial charge in [0.05, 0.1) is 13.2 Å². The first-order valence-electron chi connectivity index (χ1n) is 8.05. The van der Waals surface area contributed by atoms with E-state index in [9.17, 15) is 5.11 Å². The van der Waals surface area contributed by atoms with E-state index in [4.69, 9.17) is 9.47 Å². The summed E-state index contributed by atoms with van der Waals surface area (Å²) in [5.74, 6) is 0.832. The maximum absolute atomic E-state index is 9.24. The zero-order valence-electron chi connectivity index (χ0n) is 13.5. The third-order valence-corrected chi connectivity index (χ3v) is 3.71. The van der Waals surface area contributed by atoms with Crippen molar-refractivity contribution in [2.45, 2.75) is 33.1 Å². The van der Waals surface area contributed by atoms with Crippen LogP contribution in [0.25, 0.3) is 0 Å². The van der Waals surface area contributed by atoms with Crippen molar-refractivity contribution < 1.29 is 14.6 Å². The second-order valence-electron chi connectivity index (χ2n) is 5.45. The summed E-state index contributed by atoms with van der Waals surface area (Å²) < 4.78 is 10.8. The van der Waals surface area contributed by atoms with Crippen LogP contribution < -0.4 is 10.6 Å². The minimum Gasteiger partial charge on any atom is -0.396 e. The maximum Gasteiger partial charge on any atom is 0.191 e. The first kappa shape index (κ1) is 18.2. The molecule has 1 unspecified atom stereocenters. The lowest BCUT2D eigenvalue weighted by molar-refractivity contribution is 0.131. The zero-order chi connectivity index (χ0) is 15.4. The molecule has 6 nitrogen and oxygen atoms in total. The Bertz CT molecular complexity index is 292. The molecule has 0 aliphatic carbocycles. The fourth-order valence-corrected chi connectivity index (χ4v) is 2.40. The van der Waals surface area contributed by atoms with Crippen molar-refractivity contribution in [1.82, 2.24) is 10.6 Å². The number of guanidine groups is 1. The highest BCUT2D eigenvalue weighted by Gasteiger charge is 2.34. The molecule has 0 saturated carbocycles. The monoisotopic (exact) mass is 301 g/mol. The molecule has 1 rings (SSSR count). The second kappa shape index (κ2) is 10.8. The van der Waals surface area contributed by atoms with Crippen molar-refractivity contribution in [3.8, 4) is 0 Å². The third kappa shape index (κ3) is 7.11. The van der Waals surface area contributed by atoms with Crippen LogP contribution >= 0.6 is 0 Å². The number of hydrogen-bond donors (Lipinski definition) is 3. The van der Waals surface area contributed by atoms with Crippen molar-refractivity contribution in [1.29, 1.82) is 0 Å². The van der Waals surface area contributed by atoms with E-state index < -0.39 is 0 Å². The average Bonchev–Trinajstić information content (AvgIpc) is 2.94. The summed E-state index contributed by atoms with van der Waals surface area (Å²) in [6.07, 6.45) is 2.68. The molecule has 0 spiro atoms. The minimum absolute atomic E-state index is 0.00240. The van der Waals surface area contributed by atoms with Gasteiger partial charge in [-0.15, -0.1) is 0 Å². The van der Waals surface area contributed by atoms with Crippen LogP contribution in [0.4, 0.5) is 0 Å². The lowest BCUT2D eigenvalue weighted by atomic mass is 9.84. The molecule has 0 radical (unpaired) electrons. The molecule has 6 heteroatoms. The first-order valence-corrected chi connectivity index (χ1v) is 8.05. The Balaban J connectivity index is 2.42. The van der Waals surface area contributed by atoms with Gasteiger partial charge < -0.3 is 25.2 Å². The van der Waals surface area contributed by atoms with Gasteiger partial charge in [0.1, 0.15) is 0 Å². The molecule has 0 amide bonds. The van der Waals surface area contributed by atoms with Gasteiger partial charge in [-0.3, -0.25) is 4.99 Å². The van der Waals surface area contributed by atoms with Gasteiger partial charge in [0.2, 0.25) is 0 Å². The van der Waals surface area contributed by atoms with Crippen LogP contribution in [0.3, 0.4) is 0 Å². The summed E-state index contributed by atoms with van der Waals surface area (Å²) in [6, 6.07) is 0. The summed E-state index contributed by atoms with van der Waals surface area (Å²) in [5.41, 5.74) is 0.00240. The SMILES string of the molecule is CCNC(=NCC1(CCO)CCOC1)NCCCOCC. The summed E-state index contributed by atoms with van der Waals surface area (Å²) in [4.78, 5) is 4.67. The van der Waals surface area contributed by atoms with E-state index in [1.165, 1.54) is 0 Å². The number of ether oxygens (including phenoxy) is 2. The zero-order valence-corrected chi connectivity index (χ0v) is 13.5. The highest BCUT2D eigenvalue weighted by Crippen LogP contribution is 2.32. The molecule has 0 aromatic heterocycles. The molecule has 0 aromatic carbocycles. The summed E-state index contributed by atoms with van der Waals surface area (Å²) >= 11 is 0. The number of rotatable bonds is 10. The summed E-state index contributed by atoms with van der Waals surface area (Å²) in [5, 5.41) is 15.8. The highest BCUT2D eigenvalue weighted by atomic mass is 16.5. The van der Waals surface area contributed by atoms with E-state index in [0.717, 1.165) is 58.1 Å². The molecular weight excluding hydrogens is 270 g/mol. The second-order valence-corrected chi connectivity index (χ2v) is 5.45. The molecule has 1 atom stereocenters. The van der Waals surface area contributed by atoms with Crippen LogP contribution in [0.15, 0.2) is 4.99 Å². The van der Waals surface area contributed by atoms with Gasteiger partial charge in [-0.1, -0.05) is 0 Å². The number of aliphatic hydroxyl groups is 1. The number of aliphatic imine (C=N–C) groups is 1. The van der Waals surface area contributed by atoms with Crippen LogP contribution in [0.1, 0.15) is 33.1 Å². The lowest BCUT2D eigenvalue weighted by Crippen LogP contribution is -2.39. The molecule has 21 heavy (non-hydrogen) atoms. The molecule has 1 fully saturated rings. The third-order valence-electron chi connectivity index (χ3n) is 3.71. The fourth-order valence-electron chi connectivity index (χ4n) is 2.40. The summed E-state index contributed by atoms with van der Waals surface area (Å²) in [6.45, 7) is 9.61. The molecular formula is C15H31N3O3. The molecule has 0 bridgehead atoms. The molecule has 0 aromatic rings. The quantitative estimate of drug-likeness (QED) is 0.315. The van der Waals surface area contributed by atoms with Crippen LogP contribution in [0, 0.1) is 5.41 Å². The van der Waals surface area contributed by atoms with Gasteiger partial charge in [-0.2, -0.15) is 0 Å². The molecule has 1 saturated heterocycles. The van der Waals surface area contributed by atoms with Gasteiger partial charge in [-0.25, -0.2) is 0 Å². The molecule has 124 valence electrons. The molecule has 1 aliphatic rings. The van der Waals surface area contributed by atoms with Gasteiger partial charge >= 0.3 is 0 Å². The largest absolute Gasteiger partial charge is 0.396 e. The molecule has 3 N–H and O–H groups in total. The first-order chi connectivity index (χ1) is 10.3. The predicted octanol–water partition coefficient (Wildman–Crippen LogP) is 0.757. The van der Waals surface area contributed by atoms with E-state index in [-0.39, 0.29) is 12.0 Å². The van der Waals surface area contributed by atoms with Crippen molar-refractivity contribution >= 4 is 5.96 Å². The normalized spacial score (nSPS) is 22.5. The topological polar surface area (TPSA) is 75.1 Å². The Labute approximate surface area is 128 Å². The Morgan fingerprint density at radius 1 is 1.38 bits per heavy atom. The number of nitrogens with zero attached hydrogens (tertiary/aromatic N) is 1. The van der Waals surface area contributed by atoms with Crippen molar-refractivity contribution in [3.05, 3.63) is 0 Å². The van der Waals surface area contributed by atoms with Gasteiger partial charge in [0.25, 0.3) is 0 Å². The molecule has 1 aliphatic heterocycles. The van der Waals surface area contributed by atoms with Gasteiger partial charge in [-0.05, 0) is 33.1 Å². The van der Waals surface area contributed by atoms with Crippen LogP contribution in [0.5, 0.6) is 0 Å². The van der Waals surface area contributed by atoms with Crippen LogP contribution in [0.2, 0.25) is 0 Å². The minimum atomic E-state index is 0.00240. The van der Waals surface area contributed by atoms with Gasteiger partial charge in [0.15, 0.2) is 5.96 Å². The van der Waals surface area contributed by atoms with Crippen molar-refractivity contribution in [2.75, 3.05) is 52.7 Å². The number of hydrogen-bond acceptors (Lipinski definition) is 4. The predicted molar refractivity (Wildman–Crippen MR) is 84.7 cm³/mol. The smallest absolute Gasteiger partial charge is 0.191 e. The van der Waals surface area contributed by atoms with Crippen molar-refractivity contribution in [3.63, 3.8) is 0 Å². The van der Waals surface area contributed by atoms with E-state index in [0.29, 0.717) is 13.2 Å². The average molecular weight is 301 g/mol. The van der Waals surface area contributed by atoms with Crippen LogP contribution in [-0.2, 0) is 9.47 Å². The fraction of sp³-hybridized carbons (Fsp3) is 0.933. The highest BCUT2D eigenvalue weighted by molar-refractivity contribution is 5.79. The maximum atomic E-state index is 9.24. The Hall–Kier alpha value is -0.850. The van der Waals surface area contributed by atoms with E-state index >= 15 is 0 Å². The van der Waals surface area contributed by atoms with E-state index in [2.05, 4.69) is 22.5 Å². The lowest BCUT2D eigenvalue weighted by Gasteiger charge is -2.24. The summed E-state index contributed by atoms with van der Waals surface area (Å²) in [7, 11) is 0. The van der Waals surface area contributed by atoms with E-state index in [1.54, 1.807) is 0 Å². The standard InChI is InChI=1S/C15H31N3O3/c1-3-16-14(17-8-5-10-20-4-2)18-12-15(6-9-19)7-11-21-13-15/h19H,3-13H2,1-2H3,(H2,16,17,18). The van der Waals surface area contributed by atoms with Crippen molar-refractivity contribution in [2.24, 2.45) is 10.4 Å². The Kier molecular flexibility index (Phi) is 9.37. The van der Waals surface area contributed by atoms with E-state index in [1.807, 2.05) is 6.92 Å². The molecule has 1 heterocycles.